The number of carbonyl (C=O) groups excluding carboxylic acids is 1. The lowest BCUT2D eigenvalue weighted by Crippen LogP contribution is -2.20. The Hall–Kier alpha value is -2.35. The minimum atomic E-state index is -0.499. The average molecular weight is 261 g/mol. The topological polar surface area (TPSA) is 56.1 Å². The van der Waals surface area contributed by atoms with Gasteiger partial charge >= 0.3 is 0 Å². The van der Waals surface area contributed by atoms with Crippen molar-refractivity contribution in [3.05, 3.63) is 41.9 Å². The van der Waals surface area contributed by atoms with E-state index in [9.17, 15) is 9.18 Å². The Morgan fingerprint density at radius 1 is 1.37 bits per heavy atom. The molecular weight excluding hydrogens is 245 g/mol. The number of amides is 1. The van der Waals surface area contributed by atoms with Crippen LogP contribution in [0, 0.1) is 17.1 Å². The Morgan fingerprint density at radius 2 is 1.95 bits per heavy atom. The number of benzene rings is 1. The number of nitriles is 1. The zero-order chi connectivity index (χ0) is 14.3. The molecule has 0 spiro atoms. The molecule has 0 saturated heterocycles. The number of anilines is 1. The van der Waals surface area contributed by atoms with Crippen molar-refractivity contribution < 1.29 is 9.18 Å². The van der Waals surface area contributed by atoms with Gasteiger partial charge in [0.15, 0.2) is 0 Å². The van der Waals surface area contributed by atoms with Crippen molar-refractivity contribution >= 4 is 11.6 Å². The highest BCUT2D eigenvalue weighted by Gasteiger charge is 2.10. The van der Waals surface area contributed by atoms with Gasteiger partial charge in [-0.25, -0.2) is 4.39 Å². The highest BCUT2D eigenvalue weighted by molar-refractivity contribution is 6.06. The van der Waals surface area contributed by atoms with Crippen molar-refractivity contribution in [2.45, 2.75) is 13.8 Å². The van der Waals surface area contributed by atoms with Crippen molar-refractivity contribution in [2.24, 2.45) is 0 Å². The molecule has 19 heavy (non-hydrogen) atoms. The SMILES string of the molecule is CCN(/C=C(/C#N)C(=O)Nc1ccc(F)cc1)CC. The molecule has 0 atom stereocenters. The Bertz CT molecular complexity index is 498. The molecule has 0 aromatic heterocycles. The van der Waals surface area contributed by atoms with Gasteiger partial charge < -0.3 is 10.2 Å². The summed E-state index contributed by atoms with van der Waals surface area (Å²) >= 11 is 0. The first-order chi connectivity index (χ1) is 9.10. The lowest BCUT2D eigenvalue weighted by atomic mass is 10.2. The summed E-state index contributed by atoms with van der Waals surface area (Å²) in [7, 11) is 0. The lowest BCUT2D eigenvalue weighted by Gasteiger charge is -2.15. The van der Waals surface area contributed by atoms with Gasteiger partial charge in [0.25, 0.3) is 5.91 Å². The summed E-state index contributed by atoms with van der Waals surface area (Å²) in [5, 5.41) is 11.5. The zero-order valence-corrected chi connectivity index (χ0v) is 11.0. The molecule has 0 saturated carbocycles. The summed E-state index contributed by atoms with van der Waals surface area (Å²) < 4.78 is 12.7. The molecule has 1 N–H and O–H groups in total. The van der Waals surface area contributed by atoms with Crippen LogP contribution in [-0.2, 0) is 4.79 Å². The third-order valence-corrected chi connectivity index (χ3v) is 2.59. The van der Waals surface area contributed by atoms with Gasteiger partial charge in [-0.05, 0) is 38.1 Å². The molecular formula is C14H16FN3O. The van der Waals surface area contributed by atoms with E-state index in [-0.39, 0.29) is 11.4 Å². The van der Waals surface area contributed by atoms with Crippen molar-refractivity contribution in [2.75, 3.05) is 18.4 Å². The van der Waals surface area contributed by atoms with Crippen LogP contribution >= 0.6 is 0 Å². The van der Waals surface area contributed by atoms with E-state index < -0.39 is 5.91 Å². The first-order valence-corrected chi connectivity index (χ1v) is 6.03. The maximum Gasteiger partial charge on any atom is 0.267 e. The number of hydrogen-bond acceptors (Lipinski definition) is 3. The molecule has 0 aliphatic carbocycles. The van der Waals surface area contributed by atoms with Crippen LogP contribution in [0.15, 0.2) is 36.0 Å². The molecule has 0 heterocycles. The maximum atomic E-state index is 12.7. The Labute approximate surface area is 112 Å². The summed E-state index contributed by atoms with van der Waals surface area (Å²) in [5.41, 5.74) is 0.472. The molecule has 0 radical (unpaired) electrons. The molecule has 1 aromatic rings. The number of hydrogen-bond donors (Lipinski definition) is 1. The van der Waals surface area contributed by atoms with Gasteiger partial charge in [0.05, 0.1) is 0 Å². The van der Waals surface area contributed by atoms with E-state index in [1.54, 1.807) is 0 Å². The van der Waals surface area contributed by atoms with E-state index in [0.29, 0.717) is 18.8 Å². The fraction of sp³-hybridized carbons (Fsp3) is 0.286. The number of nitrogens with zero attached hydrogens (tertiary/aromatic N) is 2. The van der Waals surface area contributed by atoms with E-state index in [2.05, 4.69) is 5.32 Å². The molecule has 0 aliphatic heterocycles. The van der Waals surface area contributed by atoms with Gasteiger partial charge in [0.2, 0.25) is 0 Å². The van der Waals surface area contributed by atoms with Crippen molar-refractivity contribution in [3.63, 3.8) is 0 Å². The minimum absolute atomic E-state index is 0.0213. The second-order valence-electron chi connectivity index (χ2n) is 3.84. The standard InChI is InChI=1S/C14H16FN3O/c1-3-18(4-2)10-11(9-16)14(19)17-13-7-5-12(15)6-8-13/h5-8,10H,3-4H2,1-2H3,(H,17,19)/b11-10-. The van der Waals surface area contributed by atoms with Gasteiger partial charge in [-0.2, -0.15) is 5.26 Å². The number of rotatable bonds is 5. The minimum Gasteiger partial charge on any atom is -0.377 e. The predicted molar refractivity (Wildman–Crippen MR) is 71.6 cm³/mol. The molecule has 0 fully saturated rings. The predicted octanol–water partition coefficient (Wildman–Crippen LogP) is 2.51. The number of carbonyl (C=O) groups is 1. The second kappa shape index (κ2) is 7.17. The summed E-state index contributed by atoms with van der Waals surface area (Å²) in [6.45, 7) is 5.30. The summed E-state index contributed by atoms with van der Waals surface area (Å²) in [5.74, 6) is -0.877. The van der Waals surface area contributed by atoms with Gasteiger partial charge in [-0.3, -0.25) is 4.79 Å². The molecule has 0 bridgehead atoms. The summed E-state index contributed by atoms with van der Waals surface area (Å²) in [6.07, 6.45) is 1.53. The average Bonchev–Trinajstić information content (AvgIpc) is 2.42. The van der Waals surface area contributed by atoms with Gasteiger partial charge in [0.1, 0.15) is 17.5 Å². The van der Waals surface area contributed by atoms with Crippen LogP contribution in [0.25, 0.3) is 0 Å². The van der Waals surface area contributed by atoms with E-state index in [4.69, 9.17) is 5.26 Å². The highest BCUT2D eigenvalue weighted by Crippen LogP contribution is 2.10. The molecule has 0 unspecified atom stereocenters. The van der Waals surface area contributed by atoms with Crippen LogP contribution in [0.2, 0.25) is 0 Å². The van der Waals surface area contributed by atoms with E-state index in [1.165, 1.54) is 30.5 Å². The molecule has 4 nitrogen and oxygen atoms in total. The molecule has 100 valence electrons. The van der Waals surface area contributed by atoms with Crippen LogP contribution in [0.5, 0.6) is 0 Å². The molecule has 0 aliphatic rings. The van der Waals surface area contributed by atoms with Crippen LogP contribution in [0.3, 0.4) is 0 Å². The first-order valence-electron chi connectivity index (χ1n) is 6.03. The van der Waals surface area contributed by atoms with Crippen LogP contribution in [-0.4, -0.2) is 23.9 Å². The molecule has 1 aromatic carbocycles. The van der Waals surface area contributed by atoms with Gasteiger partial charge in [-0.15, -0.1) is 0 Å². The van der Waals surface area contributed by atoms with Crippen molar-refractivity contribution in [1.29, 1.82) is 5.26 Å². The molecule has 1 amide bonds. The first kappa shape index (κ1) is 14.7. The van der Waals surface area contributed by atoms with Crippen molar-refractivity contribution in [1.82, 2.24) is 4.90 Å². The van der Waals surface area contributed by atoms with Crippen molar-refractivity contribution in [3.8, 4) is 6.07 Å². The highest BCUT2D eigenvalue weighted by atomic mass is 19.1. The third kappa shape index (κ3) is 4.43. The fourth-order valence-corrected chi connectivity index (χ4v) is 1.46. The quantitative estimate of drug-likeness (QED) is 0.654. The van der Waals surface area contributed by atoms with Gasteiger partial charge in [-0.1, -0.05) is 0 Å². The lowest BCUT2D eigenvalue weighted by molar-refractivity contribution is -0.112. The second-order valence-corrected chi connectivity index (χ2v) is 3.84. The van der Waals surface area contributed by atoms with Crippen LogP contribution in [0.4, 0.5) is 10.1 Å². The number of halogens is 1. The maximum absolute atomic E-state index is 12.7. The Balaban J connectivity index is 2.80. The van der Waals surface area contributed by atoms with Gasteiger partial charge in [0, 0.05) is 25.0 Å². The third-order valence-electron chi connectivity index (χ3n) is 2.59. The Kier molecular flexibility index (Phi) is 5.55. The fourth-order valence-electron chi connectivity index (χ4n) is 1.46. The normalized spacial score (nSPS) is 10.7. The summed E-state index contributed by atoms with van der Waals surface area (Å²) in [4.78, 5) is 13.7. The number of nitrogens with one attached hydrogen (secondary N) is 1. The van der Waals surface area contributed by atoms with E-state index in [0.717, 1.165) is 0 Å². The smallest absolute Gasteiger partial charge is 0.267 e. The molecule has 1 rings (SSSR count). The Morgan fingerprint density at radius 3 is 2.42 bits per heavy atom. The van der Waals surface area contributed by atoms with Crippen LogP contribution in [0.1, 0.15) is 13.8 Å². The zero-order valence-electron chi connectivity index (χ0n) is 11.0. The van der Waals surface area contributed by atoms with Crippen LogP contribution < -0.4 is 5.32 Å². The monoisotopic (exact) mass is 261 g/mol. The summed E-state index contributed by atoms with van der Waals surface area (Å²) in [6, 6.07) is 7.25. The van der Waals surface area contributed by atoms with E-state index >= 15 is 0 Å². The van der Waals surface area contributed by atoms with E-state index in [1.807, 2.05) is 24.8 Å². The molecule has 5 heteroatoms. The largest absolute Gasteiger partial charge is 0.377 e.